The predicted octanol–water partition coefficient (Wildman–Crippen LogP) is 0.509. The van der Waals surface area contributed by atoms with Crippen molar-refractivity contribution in [1.29, 1.82) is 0 Å². The summed E-state index contributed by atoms with van der Waals surface area (Å²) in [6.07, 6.45) is 1.42. The summed E-state index contributed by atoms with van der Waals surface area (Å²) in [7, 11) is 7.94. The third-order valence-electron chi connectivity index (χ3n) is 2.57. The summed E-state index contributed by atoms with van der Waals surface area (Å²) in [4.78, 5) is 4.05. The van der Waals surface area contributed by atoms with Crippen LogP contribution >= 0.6 is 0 Å². The Morgan fingerprint density at radius 3 is 2.47 bits per heavy atom. The van der Waals surface area contributed by atoms with Crippen LogP contribution in [0.5, 0.6) is 0 Å². The number of nitrogens with zero attached hydrogens (tertiary/aromatic N) is 3. The highest BCUT2D eigenvalue weighted by Crippen LogP contribution is 2.15. The van der Waals surface area contributed by atoms with Crippen LogP contribution in [-0.2, 0) is 7.05 Å². The van der Waals surface area contributed by atoms with Crippen LogP contribution in [0.4, 0.5) is 0 Å². The van der Waals surface area contributed by atoms with Crippen LogP contribution in [0.25, 0.3) is 0 Å². The summed E-state index contributed by atoms with van der Waals surface area (Å²) >= 11 is 0. The molecule has 1 aromatic heterocycles. The Hall–Kier alpha value is -0.840. The van der Waals surface area contributed by atoms with E-state index in [1.807, 2.05) is 56.0 Å². The highest BCUT2D eigenvalue weighted by Gasteiger charge is 2.15. The van der Waals surface area contributed by atoms with Gasteiger partial charge in [-0.25, -0.2) is 0 Å². The monoisotopic (exact) mass is 211 g/mol. The van der Waals surface area contributed by atoms with Gasteiger partial charge in [0.1, 0.15) is 6.23 Å². The molecule has 1 N–H and O–H groups in total. The third kappa shape index (κ3) is 3.34. The average molecular weight is 211 g/mol. The number of aromatic nitrogens is 1. The van der Waals surface area contributed by atoms with E-state index < -0.39 is 6.23 Å². The molecule has 1 aromatic rings. The fraction of sp³-hybridized carbons (Fsp3) is 0.636. The second kappa shape index (κ2) is 5.30. The van der Waals surface area contributed by atoms with Crippen LogP contribution in [-0.4, -0.2) is 53.7 Å². The molecule has 1 heterocycles. The Labute approximate surface area is 91.7 Å². The lowest BCUT2D eigenvalue weighted by Crippen LogP contribution is -2.32. The molecule has 0 bridgehead atoms. The molecule has 0 aliphatic carbocycles. The Kier molecular flexibility index (Phi) is 4.32. The van der Waals surface area contributed by atoms with E-state index in [1.165, 1.54) is 0 Å². The van der Waals surface area contributed by atoms with Crippen molar-refractivity contribution in [1.82, 2.24) is 14.4 Å². The molecule has 0 saturated carbocycles. The molecule has 4 nitrogen and oxygen atoms in total. The van der Waals surface area contributed by atoms with E-state index in [-0.39, 0.29) is 0 Å². The molecule has 0 fully saturated rings. The van der Waals surface area contributed by atoms with Crippen LogP contribution in [0, 0.1) is 0 Å². The SMILES string of the molecule is CN(C)CCN(C)C(O)c1cccn1C. The maximum Gasteiger partial charge on any atom is 0.148 e. The molecule has 1 rings (SSSR count). The molecule has 0 radical (unpaired) electrons. The van der Waals surface area contributed by atoms with Crippen molar-refractivity contribution < 1.29 is 5.11 Å². The van der Waals surface area contributed by atoms with Crippen LogP contribution in [0.1, 0.15) is 11.9 Å². The number of aliphatic hydroxyl groups is 1. The predicted molar refractivity (Wildman–Crippen MR) is 61.6 cm³/mol. The molecule has 4 heteroatoms. The van der Waals surface area contributed by atoms with Gasteiger partial charge in [0.05, 0.1) is 5.69 Å². The first-order valence-corrected chi connectivity index (χ1v) is 5.16. The highest BCUT2D eigenvalue weighted by molar-refractivity contribution is 5.08. The summed E-state index contributed by atoms with van der Waals surface area (Å²) in [5.74, 6) is 0. The highest BCUT2D eigenvalue weighted by atomic mass is 16.3. The van der Waals surface area contributed by atoms with Gasteiger partial charge in [-0.1, -0.05) is 0 Å². The lowest BCUT2D eigenvalue weighted by atomic mass is 10.3. The van der Waals surface area contributed by atoms with E-state index >= 15 is 0 Å². The first-order valence-electron chi connectivity index (χ1n) is 5.16. The van der Waals surface area contributed by atoms with E-state index in [4.69, 9.17) is 0 Å². The van der Waals surface area contributed by atoms with Gasteiger partial charge in [-0.3, -0.25) is 4.90 Å². The fourth-order valence-electron chi connectivity index (χ4n) is 1.45. The first kappa shape index (κ1) is 12.2. The van der Waals surface area contributed by atoms with Crippen LogP contribution < -0.4 is 0 Å². The van der Waals surface area contributed by atoms with Crippen LogP contribution in [0.15, 0.2) is 18.3 Å². The van der Waals surface area contributed by atoms with Gasteiger partial charge in [-0.15, -0.1) is 0 Å². The minimum Gasteiger partial charge on any atom is -0.373 e. The number of rotatable bonds is 5. The van der Waals surface area contributed by atoms with Crippen molar-refractivity contribution in [3.63, 3.8) is 0 Å². The lowest BCUT2D eigenvalue weighted by Gasteiger charge is -2.25. The summed E-state index contributed by atoms with van der Waals surface area (Å²) < 4.78 is 1.94. The van der Waals surface area contributed by atoms with Crippen molar-refractivity contribution in [2.75, 3.05) is 34.2 Å². The molecular weight excluding hydrogens is 190 g/mol. The topological polar surface area (TPSA) is 31.6 Å². The number of aryl methyl sites for hydroxylation is 1. The fourth-order valence-corrected chi connectivity index (χ4v) is 1.45. The van der Waals surface area contributed by atoms with Gasteiger partial charge in [0.25, 0.3) is 0 Å². The maximum atomic E-state index is 10.1. The lowest BCUT2D eigenvalue weighted by molar-refractivity contribution is 0.0120. The van der Waals surface area contributed by atoms with Gasteiger partial charge in [0, 0.05) is 26.3 Å². The number of likely N-dealkylation sites (N-methyl/N-ethyl adjacent to an activating group) is 2. The molecule has 1 atom stereocenters. The van der Waals surface area contributed by atoms with Gasteiger partial charge in [0.2, 0.25) is 0 Å². The van der Waals surface area contributed by atoms with Crippen molar-refractivity contribution >= 4 is 0 Å². The standard InChI is InChI=1S/C11H21N3O/c1-12(2)8-9-14(4)11(15)10-6-5-7-13(10)3/h5-7,11,15H,8-9H2,1-4H3. The van der Waals surface area contributed by atoms with E-state index in [1.54, 1.807) is 0 Å². The largest absolute Gasteiger partial charge is 0.373 e. The minimum atomic E-state index is -0.523. The minimum absolute atomic E-state index is 0.523. The van der Waals surface area contributed by atoms with E-state index in [9.17, 15) is 5.11 Å². The van der Waals surface area contributed by atoms with Crippen molar-refractivity contribution in [3.8, 4) is 0 Å². The molecule has 86 valence electrons. The molecule has 0 saturated heterocycles. The molecule has 0 amide bonds. The van der Waals surface area contributed by atoms with Crippen molar-refractivity contribution in [3.05, 3.63) is 24.0 Å². The quantitative estimate of drug-likeness (QED) is 0.720. The van der Waals surface area contributed by atoms with E-state index in [0.29, 0.717) is 0 Å². The van der Waals surface area contributed by atoms with E-state index in [2.05, 4.69) is 4.90 Å². The third-order valence-corrected chi connectivity index (χ3v) is 2.57. The number of hydrogen-bond acceptors (Lipinski definition) is 3. The smallest absolute Gasteiger partial charge is 0.148 e. The molecule has 0 aromatic carbocycles. The Morgan fingerprint density at radius 1 is 1.33 bits per heavy atom. The first-order chi connectivity index (χ1) is 7.02. The van der Waals surface area contributed by atoms with Gasteiger partial charge in [0.15, 0.2) is 0 Å². The Bertz CT molecular complexity index is 296. The average Bonchev–Trinajstić information content (AvgIpc) is 2.59. The second-order valence-corrected chi connectivity index (χ2v) is 4.20. The van der Waals surface area contributed by atoms with Gasteiger partial charge in [-0.05, 0) is 33.3 Å². The summed E-state index contributed by atoms with van der Waals surface area (Å²) in [5, 5.41) is 10.1. The molecule has 1 unspecified atom stereocenters. The zero-order chi connectivity index (χ0) is 11.4. The van der Waals surface area contributed by atoms with Gasteiger partial charge < -0.3 is 14.6 Å². The van der Waals surface area contributed by atoms with Crippen molar-refractivity contribution in [2.45, 2.75) is 6.23 Å². The van der Waals surface area contributed by atoms with Gasteiger partial charge >= 0.3 is 0 Å². The summed E-state index contributed by atoms with van der Waals surface area (Å²) in [5.41, 5.74) is 0.927. The molecule has 0 spiro atoms. The summed E-state index contributed by atoms with van der Waals surface area (Å²) in [6.45, 7) is 1.79. The van der Waals surface area contributed by atoms with Gasteiger partial charge in [-0.2, -0.15) is 0 Å². The zero-order valence-electron chi connectivity index (χ0n) is 10.0. The Morgan fingerprint density at radius 2 is 2.00 bits per heavy atom. The van der Waals surface area contributed by atoms with E-state index in [0.717, 1.165) is 18.8 Å². The van der Waals surface area contributed by atoms with Crippen LogP contribution in [0.3, 0.4) is 0 Å². The van der Waals surface area contributed by atoms with Crippen LogP contribution in [0.2, 0.25) is 0 Å². The Balaban J connectivity index is 2.53. The normalized spacial score (nSPS) is 13.8. The maximum absolute atomic E-state index is 10.1. The molecular formula is C11H21N3O. The zero-order valence-corrected chi connectivity index (χ0v) is 10.0. The molecule has 15 heavy (non-hydrogen) atoms. The number of hydrogen-bond donors (Lipinski definition) is 1. The summed E-state index contributed by atoms with van der Waals surface area (Å²) in [6, 6.07) is 3.88. The molecule has 0 aliphatic heterocycles. The number of aliphatic hydroxyl groups excluding tert-OH is 1. The van der Waals surface area contributed by atoms with Crippen molar-refractivity contribution in [2.24, 2.45) is 7.05 Å². The molecule has 0 aliphatic rings. The second-order valence-electron chi connectivity index (χ2n) is 4.20.